The number of aromatic nitrogens is 1. The largest absolute Gasteiger partial charge is 0.298 e. The standard InChI is InChI=1S/C18H12N2OS/c21-17(14-10-9-12-5-1-2-6-13(12)11-14)20-18-19-15-7-3-4-8-16(15)22-18/h1-11H,(H,19,20,21). The van der Waals surface area contributed by atoms with Gasteiger partial charge in [-0.2, -0.15) is 0 Å². The maximum Gasteiger partial charge on any atom is 0.257 e. The highest BCUT2D eigenvalue weighted by Crippen LogP contribution is 2.26. The van der Waals surface area contributed by atoms with Gasteiger partial charge in [-0.3, -0.25) is 10.1 Å². The SMILES string of the molecule is O=C(Nc1nc2ccccc2s1)c1ccc2ccccc2c1. The lowest BCUT2D eigenvalue weighted by atomic mass is 10.1. The molecule has 0 saturated heterocycles. The average molecular weight is 304 g/mol. The number of benzene rings is 3. The molecule has 1 heterocycles. The fourth-order valence-electron chi connectivity index (χ4n) is 2.43. The first-order valence-electron chi connectivity index (χ1n) is 6.95. The molecule has 4 rings (SSSR count). The molecule has 0 fully saturated rings. The van der Waals surface area contributed by atoms with Gasteiger partial charge in [-0.05, 0) is 35.0 Å². The minimum atomic E-state index is -0.134. The molecule has 0 bridgehead atoms. The molecule has 4 heteroatoms. The minimum Gasteiger partial charge on any atom is -0.298 e. The number of carbonyl (C=O) groups is 1. The molecule has 3 aromatic carbocycles. The van der Waals surface area contributed by atoms with Crippen LogP contribution in [-0.4, -0.2) is 10.9 Å². The Morgan fingerprint density at radius 1 is 0.909 bits per heavy atom. The molecule has 0 saturated carbocycles. The molecule has 0 atom stereocenters. The average Bonchev–Trinajstić information content (AvgIpc) is 2.96. The van der Waals surface area contributed by atoms with E-state index in [1.165, 1.54) is 11.3 Å². The summed E-state index contributed by atoms with van der Waals surface area (Å²) in [6.07, 6.45) is 0. The zero-order valence-corrected chi connectivity index (χ0v) is 12.4. The van der Waals surface area contributed by atoms with Crippen LogP contribution in [0.1, 0.15) is 10.4 Å². The number of hydrogen-bond acceptors (Lipinski definition) is 3. The van der Waals surface area contributed by atoms with Crippen molar-refractivity contribution in [2.24, 2.45) is 0 Å². The second-order valence-corrected chi connectivity index (χ2v) is 6.03. The van der Waals surface area contributed by atoms with Crippen LogP contribution in [0.2, 0.25) is 0 Å². The predicted octanol–water partition coefficient (Wildman–Crippen LogP) is 4.70. The number of rotatable bonds is 2. The zero-order valence-electron chi connectivity index (χ0n) is 11.6. The van der Waals surface area contributed by atoms with Crippen molar-refractivity contribution in [3.05, 3.63) is 72.3 Å². The van der Waals surface area contributed by atoms with Gasteiger partial charge in [-0.25, -0.2) is 4.98 Å². The van der Waals surface area contributed by atoms with Gasteiger partial charge >= 0.3 is 0 Å². The van der Waals surface area contributed by atoms with Gasteiger partial charge in [0.1, 0.15) is 0 Å². The van der Waals surface area contributed by atoms with E-state index >= 15 is 0 Å². The second-order valence-electron chi connectivity index (χ2n) is 5.00. The maximum atomic E-state index is 12.4. The highest BCUT2D eigenvalue weighted by Gasteiger charge is 2.10. The van der Waals surface area contributed by atoms with Gasteiger partial charge in [0.2, 0.25) is 0 Å². The Bertz CT molecular complexity index is 957. The molecule has 1 amide bonds. The van der Waals surface area contributed by atoms with Gasteiger partial charge in [0.05, 0.1) is 10.2 Å². The molecular formula is C18H12N2OS. The van der Waals surface area contributed by atoms with Gasteiger partial charge in [0, 0.05) is 5.56 Å². The number of hydrogen-bond donors (Lipinski definition) is 1. The van der Waals surface area contributed by atoms with E-state index < -0.39 is 0 Å². The van der Waals surface area contributed by atoms with Crippen molar-refractivity contribution in [1.29, 1.82) is 0 Å². The van der Waals surface area contributed by atoms with Crippen LogP contribution in [0.4, 0.5) is 5.13 Å². The summed E-state index contributed by atoms with van der Waals surface area (Å²) in [4.78, 5) is 16.8. The summed E-state index contributed by atoms with van der Waals surface area (Å²) in [7, 11) is 0. The van der Waals surface area contributed by atoms with Gasteiger partial charge in [-0.1, -0.05) is 53.8 Å². The number of anilines is 1. The Hall–Kier alpha value is -2.72. The minimum absolute atomic E-state index is 0.134. The predicted molar refractivity (Wildman–Crippen MR) is 91.5 cm³/mol. The topological polar surface area (TPSA) is 42.0 Å². The molecule has 0 aliphatic rings. The first-order chi connectivity index (χ1) is 10.8. The van der Waals surface area contributed by atoms with E-state index in [9.17, 15) is 4.79 Å². The molecule has 22 heavy (non-hydrogen) atoms. The van der Waals surface area contributed by atoms with E-state index in [0.717, 1.165) is 21.0 Å². The summed E-state index contributed by atoms with van der Waals surface area (Å²) >= 11 is 1.48. The monoisotopic (exact) mass is 304 g/mol. The number of thiazole rings is 1. The van der Waals surface area contributed by atoms with Gasteiger partial charge in [-0.15, -0.1) is 0 Å². The smallest absolute Gasteiger partial charge is 0.257 e. The molecule has 106 valence electrons. The van der Waals surface area contributed by atoms with Crippen LogP contribution in [0, 0.1) is 0 Å². The summed E-state index contributed by atoms with van der Waals surface area (Å²) in [5.41, 5.74) is 1.54. The van der Waals surface area contributed by atoms with Crippen molar-refractivity contribution in [2.75, 3.05) is 5.32 Å². The molecule has 4 aromatic rings. The van der Waals surface area contributed by atoms with E-state index in [-0.39, 0.29) is 5.91 Å². The summed E-state index contributed by atoms with van der Waals surface area (Å²) in [6.45, 7) is 0. The molecular weight excluding hydrogens is 292 g/mol. The van der Waals surface area contributed by atoms with Crippen molar-refractivity contribution in [3.63, 3.8) is 0 Å². The number of carbonyl (C=O) groups excluding carboxylic acids is 1. The molecule has 3 nitrogen and oxygen atoms in total. The van der Waals surface area contributed by atoms with Gasteiger partial charge in [0.15, 0.2) is 5.13 Å². The maximum absolute atomic E-state index is 12.4. The Morgan fingerprint density at radius 2 is 1.68 bits per heavy atom. The van der Waals surface area contributed by atoms with Crippen molar-refractivity contribution < 1.29 is 4.79 Å². The van der Waals surface area contributed by atoms with Crippen molar-refractivity contribution in [1.82, 2.24) is 4.98 Å². The highest BCUT2D eigenvalue weighted by atomic mass is 32.1. The summed E-state index contributed by atoms with van der Waals surface area (Å²) in [5, 5.41) is 5.68. The highest BCUT2D eigenvalue weighted by molar-refractivity contribution is 7.22. The Morgan fingerprint density at radius 3 is 2.55 bits per heavy atom. The molecule has 0 spiro atoms. The van der Waals surface area contributed by atoms with E-state index in [1.807, 2.05) is 66.7 Å². The second kappa shape index (κ2) is 5.24. The molecule has 1 N–H and O–H groups in total. The fourth-order valence-corrected chi connectivity index (χ4v) is 3.29. The van der Waals surface area contributed by atoms with Crippen LogP contribution >= 0.6 is 11.3 Å². The lowest BCUT2D eigenvalue weighted by molar-refractivity contribution is 0.102. The molecule has 1 aromatic heterocycles. The third-order valence-electron chi connectivity index (χ3n) is 3.53. The van der Waals surface area contributed by atoms with Crippen LogP contribution < -0.4 is 5.32 Å². The molecule has 0 unspecified atom stereocenters. The molecule has 0 aliphatic heterocycles. The number of amides is 1. The van der Waals surface area contributed by atoms with Crippen molar-refractivity contribution >= 4 is 43.4 Å². The van der Waals surface area contributed by atoms with E-state index in [0.29, 0.717) is 10.7 Å². The summed E-state index contributed by atoms with van der Waals surface area (Å²) in [5.74, 6) is -0.134. The van der Waals surface area contributed by atoms with Crippen LogP contribution in [0.3, 0.4) is 0 Å². The van der Waals surface area contributed by atoms with Crippen LogP contribution in [0.5, 0.6) is 0 Å². The third kappa shape index (κ3) is 2.34. The number of nitrogens with zero attached hydrogens (tertiary/aromatic N) is 1. The van der Waals surface area contributed by atoms with E-state index in [1.54, 1.807) is 0 Å². The Labute approximate surface area is 131 Å². The lowest BCUT2D eigenvalue weighted by Crippen LogP contribution is -2.11. The molecule has 0 radical (unpaired) electrons. The third-order valence-corrected chi connectivity index (χ3v) is 4.48. The Balaban J connectivity index is 1.65. The van der Waals surface area contributed by atoms with E-state index in [4.69, 9.17) is 0 Å². The normalized spacial score (nSPS) is 10.9. The fraction of sp³-hybridized carbons (Fsp3) is 0. The van der Waals surface area contributed by atoms with Gasteiger partial charge < -0.3 is 0 Å². The number of para-hydroxylation sites is 1. The van der Waals surface area contributed by atoms with Gasteiger partial charge in [0.25, 0.3) is 5.91 Å². The lowest BCUT2D eigenvalue weighted by Gasteiger charge is -2.03. The number of fused-ring (bicyclic) bond motifs is 2. The van der Waals surface area contributed by atoms with Crippen LogP contribution in [0.15, 0.2) is 66.7 Å². The summed E-state index contributed by atoms with van der Waals surface area (Å²) in [6, 6.07) is 21.5. The summed E-state index contributed by atoms with van der Waals surface area (Å²) < 4.78 is 1.07. The zero-order chi connectivity index (χ0) is 14.9. The first kappa shape index (κ1) is 13.0. The van der Waals surface area contributed by atoms with Crippen molar-refractivity contribution in [3.8, 4) is 0 Å². The van der Waals surface area contributed by atoms with Crippen molar-refractivity contribution in [2.45, 2.75) is 0 Å². The quantitative estimate of drug-likeness (QED) is 0.583. The first-order valence-corrected chi connectivity index (χ1v) is 7.77. The molecule has 0 aliphatic carbocycles. The number of nitrogens with one attached hydrogen (secondary N) is 1. The van der Waals surface area contributed by atoms with Crippen LogP contribution in [0.25, 0.3) is 21.0 Å². The Kier molecular flexibility index (Phi) is 3.09. The van der Waals surface area contributed by atoms with Crippen LogP contribution in [-0.2, 0) is 0 Å². The van der Waals surface area contributed by atoms with E-state index in [2.05, 4.69) is 10.3 Å².